The van der Waals surface area contributed by atoms with Crippen molar-refractivity contribution >= 4 is 5.97 Å². The molecule has 88 valence electrons. The Labute approximate surface area is 91.8 Å². The molecule has 0 aliphatic heterocycles. The third-order valence-electron chi connectivity index (χ3n) is 1.76. The number of hydrogen-bond donors (Lipinski definition) is 2. The fourth-order valence-corrected chi connectivity index (χ4v) is 1.18. The standard InChI is InChI=1S/C10H13NO5/c1-3-15-9-8(10(14)16-4-2)6(12)5-7(13)11-9/h5H,3-4H2,1-2H3,(H2,11,12,13). The molecule has 0 aliphatic rings. The van der Waals surface area contributed by atoms with E-state index in [1.54, 1.807) is 13.8 Å². The lowest BCUT2D eigenvalue weighted by atomic mass is 10.2. The van der Waals surface area contributed by atoms with Crippen LogP contribution in [0.5, 0.6) is 11.6 Å². The van der Waals surface area contributed by atoms with E-state index >= 15 is 0 Å². The van der Waals surface area contributed by atoms with Crippen LogP contribution in [0.1, 0.15) is 24.2 Å². The van der Waals surface area contributed by atoms with Gasteiger partial charge in [-0.3, -0.25) is 9.78 Å². The number of hydrogen-bond acceptors (Lipinski definition) is 5. The van der Waals surface area contributed by atoms with Crippen LogP contribution in [0, 0.1) is 0 Å². The molecule has 0 unspecified atom stereocenters. The zero-order chi connectivity index (χ0) is 12.1. The number of carbonyl (C=O) groups excluding carboxylic acids is 1. The van der Waals surface area contributed by atoms with E-state index in [9.17, 15) is 14.7 Å². The second kappa shape index (κ2) is 5.20. The molecule has 1 heterocycles. The molecule has 0 spiro atoms. The predicted octanol–water partition coefficient (Wildman–Crippen LogP) is 0.656. The van der Waals surface area contributed by atoms with Crippen LogP contribution in [-0.4, -0.2) is 29.3 Å². The second-order valence-corrected chi connectivity index (χ2v) is 2.88. The summed E-state index contributed by atoms with van der Waals surface area (Å²) in [6.45, 7) is 3.76. The molecule has 2 N–H and O–H groups in total. The minimum atomic E-state index is -0.736. The Morgan fingerprint density at radius 3 is 2.69 bits per heavy atom. The van der Waals surface area contributed by atoms with Gasteiger partial charge in [-0.1, -0.05) is 0 Å². The molecule has 0 fully saturated rings. The maximum absolute atomic E-state index is 11.5. The van der Waals surface area contributed by atoms with Gasteiger partial charge < -0.3 is 14.6 Å². The SMILES string of the molecule is CCOC(=O)c1c(O)cc(=O)[nH]c1OCC. The van der Waals surface area contributed by atoms with Crippen LogP contribution in [0.3, 0.4) is 0 Å². The summed E-state index contributed by atoms with van der Waals surface area (Å²) >= 11 is 0. The Bertz CT molecular complexity index is 437. The van der Waals surface area contributed by atoms with Crippen molar-refractivity contribution in [1.29, 1.82) is 0 Å². The van der Waals surface area contributed by atoms with Gasteiger partial charge in [0.15, 0.2) is 5.56 Å². The van der Waals surface area contributed by atoms with Crippen LogP contribution in [0.2, 0.25) is 0 Å². The third kappa shape index (κ3) is 2.53. The molecule has 1 aromatic heterocycles. The van der Waals surface area contributed by atoms with Crippen LogP contribution in [-0.2, 0) is 4.74 Å². The summed E-state index contributed by atoms with van der Waals surface area (Å²) in [7, 11) is 0. The molecule has 0 amide bonds. The molecule has 0 aliphatic carbocycles. The van der Waals surface area contributed by atoms with Crippen LogP contribution in [0.15, 0.2) is 10.9 Å². The number of aromatic amines is 1. The quantitative estimate of drug-likeness (QED) is 0.737. The Morgan fingerprint density at radius 1 is 1.44 bits per heavy atom. The zero-order valence-electron chi connectivity index (χ0n) is 9.07. The van der Waals surface area contributed by atoms with Crippen molar-refractivity contribution in [2.75, 3.05) is 13.2 Å². The van der Waals surface area contributed by atoms with Gasteiger partial charge in [-0.25, -0.2) is 4.79 Å². The summed E-state index contributed by atoms with van der Waals surface area (Å²) < 4.78 is 9.78. The zero-order valence-corrected chi connectivity index (χ0v) is 9.07. The number of ether oxygens (including phenoxy) is 2. The summed E-state index contributed by atoms with van der Waals surface area (Å²) in [6, 6.07) is 0.898. The van der Waals surface area contributed by atoms with Gasteiger partial charge in [0.1, 0.15) is 5.75 Å². The Kier molecular flexibility index (Phi) is 3.93. The van der Waals surface area contributed by atoms with Gasteiger partial charge in [-0.2, -0.15) is 0 Å². The summed E-state index contributed by atoms with van der Waals surface area (Å²) in [4.78, 5) is 24.9. The maximum Gasteiger partial charge on any atom is 0.347 e. The van der Waals surface area contributed by atoms with E-state index < -0.39 is 17.3 Å². The molecule has 0 saturated carbocycles. The normalized spacial score (nSPS) is 9.88. The highest BCUT2D eigenvalue weighted by Gasteiger charge is 2.20. The highest BCUT2D eigenvalue weighted by molar-refractivity contribution is 5.94. The van der Waals surface area contributed by atoms with Gasteiger partial charge >= 0.3 is 5.97 Å². The molecule has 6 heteroatoms. The summed E-state index contributed by atoms with van der Waals surface area (Å²) in [5.41, 5.74) is -0.711. The molecule has 6 nitrogen and oxygen atoms in total. The van der Waals surface area contributed by atoms with Crippen LogP contribution < -0.4 is 10.3 Å². The molecule has 0 radical (unpaired) electrons. The Balaban J connectivity index is 3.23. The van der Waals surface area contributed by atoms with Crippen molar-refractivity contribution in [1.82, 2.24) is 4.98 Å². The average Bonchev–Trinajstić information content (AvgIpc) is 2.17. The average molecular weight is 227 g/mol. The van der Waals surface area contributed by atoms with E-state index in [-0.39, 0.29) is 24.7 Å². The lowest BCUT2D eigenvalue weighted by molar-refractivity contribution is 0.0517. The number of aromatic hydroxyl groups is 1. The first-order valence-corrected chi connectivity index (χ1v) is 4.86. The first-order chi connectivity index (χ1) is 7.60. The summed E-state index contributed by atoms with van der Waals surface area (Å²) in [6.07, 6.45) is 0. The molecule has 0 aromatic carbocycles. The largest absolute Gasteiger partial charge is 0.507 e. The lowest BCUT2D eigenvalue weighted by Gasteiger charge is -2.09. The van der Waals surface area contributed by atoms with Gasteiger partial charge in [0.25, 0.3) is 5.56 Å². The minimum absolute atomic E-state index is 0.0778. The number of aromatic nitrogens is 1. The van der Waals surface area contributed by atoms with Crippen LogP contribution in [0.25, 0.3) is 0 Å². The van der Waals surface area contributed by atoms with Crippen LogP contribution in [0.4, 0.5) is 0 Å². The predicted molar refractivity (Wildman–Crippen MR) is 55.9 cm³/mol. The number of H-pyrrole nitrogens is 1. The Hall–Kier alpha value is -1.98. The topological polar surface area (TPSA) is 88.6 Å². The number of pyridine rings is 1. The van der Waals surface area contributed by atoms with Gasteiger partial charge in [-0.05, 0) is 13.8 Å². The number of carbonyl (C=O) groups is 1. The monoisotopic (exact) mass is 227 g/mol. The molecule has 16 heavy (non-hydrogen) atoms. The molecular formula is C10H13NO5. The first kappa shape index (κ1) is 12.1. The summed E-state index contributed by atoms with van der Waals surface area (Å²) in [5.74, 6) is -1.27. The van der Waals surface area contributed by atoms with Crippen molar-refractivity contribution in [3.8, 4) is 11.6 Å². The van der Waals surface area contributed by atoms with Crippen molar-refractivity contribution in [2.24, 2.45) is 0 Å². The molecule has 1 aromatic rings. The smallest absolute Gasteiger partial charge is 0.347 e. The van der Waals surface area contributed by atoms with Gasteiger partial charge in [-0.15, -0.1) is 0 Å². The summed E-state index contributed by atoms with van der Waals surface area (Å²) in [5, 5.41) is 9.50. The number of nitrogens with one attached hydrogen (secondary N) is 1. The maximum atomic E-state index is 11.5. The molecule has 0 atom stereocenters. The highest BCUT2D eigenvalue weighted by atomic mass is 16.5. The minimum Gasteiger partial charge on any atom is -0.507 e. The van der Waals surface area contributed by atoms with Crippen molar-refractivity contribution in [2.45, 2.75) is 13.8 Å². The van der Waals surface area contributed by atoms with E-state index in [2.05, 4.69) is 4.98 Å². The number of rotatable bonds is 4. The van der Waals surface area contributed by atoms with Gasteiger partial charge in [0.05, 0.1) is 13.2 Å². The fraction of sp³-hybridized carbons (Fsp3) is 0.400. The van der Waals surface area contributed by atoms with E-state index in [4.69, 9.17) is 9.47 Å². The fourth-order valence-electron chi connectivity index (χ4n) is 1.18. The Morgan fingerprint density at radius 2 is 2.12 bits per heavy atom. The van der Waals surface area contributed by atoms with E-state index in [0.29, 0.717) is 0 Å². The van der Waals surface area contributed by atoms with E-state index in [1.807, 2.05) is 0 Å². The lowest BCUT2D eigenvalue weighted by Crippen LogP contribution is -2.14. The second-order valence-electron chi connectivity index (χ2n) is 2.88. The van der Waals surface area contributed by atoms with E-state index in [1.165, 1.54) is 0 Å². The number of esters is 1. The van der Waals surface area contributed by atoms with E-state index in [0.717, 1.165) is 6.07 Å². The van der Waals surface area contributed by atoms with Gasteiger partial charge in [0.2, 0.25) is 5.88 Å². The first-order valence-electron chi connectivity index (χ1n) is 4.86. The third-order valence-corrected chi connectivity index (χ3v) is 1.76. The van der Waals surface area contributed by atoms with Crippen LogP contribution >= 0.6 is 0 Å². The van der Waals surface area contributed by atoms with Gasteiger partial charge in [0, 0.05) is 6.07 Å². The molecular weight excluding hydrogens is 214 g/mol. The highest BCUT2D eigenvalue weighted by Crippen LogP contribution is 2.24. The van der Waals surface area contributed by atoms with Crippen molar-refractivity contribution in [3.63, 3.8) is 0 Å². The molecule has 1 rings (SSSR count). The van der Waals surface area contributed by atoms with Crippen molar-refractivity contribution < 1.29 is 19.4 Å². The molecule has 0 bridgehead atoms. The molecule has 0 saturated heterocycles. The van der Waals surface area contributed by atoms with Crippen molar-refractivity contribution in [3.05, 3.63) is 22.0 Å².